The Morgan fingerprint density at radius 1 is 0.762 bits per heavy atom. The summed E-state index contributed by atoms with van der Waals surface area (Å²) in [4.78, 5) is 84.9. The molecule has 0 spiro atoms. The van der Waals surface area contributed by atoms with Crippen LogP contribution in [0.25, 0.3) is 0 Å². The molecular formula is C28H51N6O7P. The molecule has 13 nitrogen and oxygen atoms in total. The van der Waals surface area contributed by atoms with E-state index in [1.165, 1.54) is 12.2 Å². The van der Waals surface area contributed by atoms with Gasteiger partial charge >= 0.3 is 0 Å². The number of nitrogens with zero attached hydrogens (tertiary/aromatic N) is 1. The normalized spacial score (nSPS) is 12.5. The summed E-state index contributed by atoms with van der Waals surface area (Å²) >= 11 is 0. The van der Waals surface area contributed by atoms with E-state index < -0.39 is 30.3 Å². The van der Waals surface area contributed by atoms with Crippen molar-refractivity contribution in [2.45, 2.75) is 52.0 Å². The Hall–Kier alpha value is -4.12. The van der Waals surface area contributed by atoms with Crippen LogP contribution in [-0.2, 0) is 40.0 Å². The molecule has 5 N–H and O–H groups in total. The summed E-state index contributed by atoms with van der Waals surface area (Å²) in [5.74, 6) is -3.16. The van der Waals surface area contributed by atoms with Crippen molar-refractivity contribution in [2.75, 3.05) is 32.5 Å². The predicted molar refractivity (Wildman–Crippen MR) is 170 cm³/mol. The molecule has 0 saturated heterocycles. The van der Waals surface area contributed by atoms with Gasteiger partial charge in [-0.3, -0.25) is 38.5 Å². The van der Waals surface area contributed by atoms with Gasteiger partial charge in [-0.15, -0.1) is 9.24 Å². The fourth-order valence-electron chi connectivity index (χ4n) is 3.66. The molecule has 0 aliphatic carbocycles. The van der Waals surface area contributed by atoms with Crippen molar-refractivity contribution >= 4 is 50.6 Å². The highest BCUT2D eigenvalue weighted by Crippen LogP contribution is 2.08. The smallest absolute Gasteiger partial charge is 0.253 e. The molecule has 1 aromatic carbocycles. The van der Waals surface area contributed by atoms with Crippen LogP contribution in [0.15, 0.2) is 42.5 Å². The van der Waals surface area contributed by atoms with Crippen LogP contribution < -0.4 is 26.6 Å². The topological polar surface area (TPSA) is 183 Å². The van der Waals surface area contributed by atoms with Crippen molar-refractivity contribution in [1.29, 1.82) is 0 Å². The lowest BCUT2D eigenvalue weighted by atomic mass is 10.1. The van der Waals surface area contributed by atoms with Gasteiger partial charge in [-0.25, -0.2) is 0 Å². The average molecular weight is 615 g/mol. The van der Waals surface area contributed by atoms with Gasteiger partial charge in [-0.2, -0.15) is 0 Å². The van der Waals surface area contributed by atoms with E-state index >= 15 is 0 Å². The van der Waals surface area contributed by atoms with Gasteiger partial charge in [0, 0.05) is 45.0 Å². The molecule has 0 radical (unpaired) electrons. The van der Waals surface area contributed by atoms with Crippen LogP contribution in [0.3, 0.4) is 0 Å². The number of benzene rings is 1. The van der Waals surface area contributed by atoms with E-state index in [0.29, 0.717) is 25.5 Å². The molecule has 1 heterocycles. The Balaban J connectivity index is -0.000000823. The summed E-state index contributed by atoms with van der Waals surface area (Å²) in [6.45, 7) is 3.30. The summed E-state index contributed by atoms with van der Waals surface area (Å²) in [6.07, 6.45) is 4.83. The molecule has 42 heavy (non-hydrogen) atoms. The van der Waals surface area contributed by atoms with E-state index in [2.05, 4.69) is 35.8 Å². The molecule has 240 valence electrons. The quantitative estimate of drug-likeness (QED) is 0.0975. The first-order valence-corrected chi connectivity index (χ1v) is 14.7. The van der Waals surface area contributed by atoms with Crippen LogP contribution in [0.4, 0.5) is 0 Å². The minimum absolute atomic E-state index is 0. The van der Waals surface area contributed by atoms with Gasteiger partial charge in [0.15, 0.2) is 0 Å². The van der Waals surface area contributed by atoms with E-state index in [1.807, 2.05) is 19.9 Å². The molecule has 1 aliphatic heterocycles. The maximum absolute atomic E-state index is 12.6. The van der Waals surface area contributed by atoms with Crippen LogP contribution in [0, 0.1) is 0 Å². The highest BCUT2D eigenvalue weighted by atomic mass is 31.0. The van der Waals surface area contributed by atoms with Crippen molar-refractivity contribution in [3.05, 3.63) is 48.0 Å². The molecule has 1 unspecified atom stereocenters. The van der Waals surface area contributed by atoms with Gasteiger partial charge in [0.25, 0.3) is 11.8 Å². The Kier molecular flexibility index (Phi) is 17.7. The monoisotopic (exact) mass is 614 g/mol. The second kappa shape index (κ2) is 20.7. The molecule has 1 aromatic rings. The lowest BCUT2D eigenvalue weighted by molar-refractivity contribution is -0.137. The highest BCUT2D eigenvalue weighted by Gasteiger charge is 2.23. The van der Waals surface area contributed by atoms with Crippen LogP contribution in [0.5, 0.6) is 0 Å². The zero-order valence-electron chi connectivity index (χ0n) is 24.1. The summed E-state index contributed by atoms with van der Waals surface area (Å²) < 4.78 is 0. The van der Waals surface area contributed by atoms with Crippen LogP contribution in [0.2, 0.25) is 0 Å². The zero-order chi connectivity index (χ0) is 31.3. The molecular weight excluding hydrogens is 563 g/mol. The maximum atomic E-state index is 12.6. The highest BCUT2D eigenvalue weighted by molar-refractivity contribution is 7.16. The number of imide groups is 1. The SMILES string of the molecule is CC.O=C(CCCCCN1C(=O)C=CC1=O)NCC(=O)NCC(=O)N[C@@H](Cc1ccccc1)C(=O)NCC(=O)NCP.[HH].[HH].[HH].[HH].[HH]. The number of carbonyl (C=O) groups is 7. The Bertz CT molecular complexity index is 1120. The standard InChI is InChI=1S/C26H35N6O7P.C2H6.5H2/c33-20(9-5-2-6-12-32-24(37)10-11-25(32)38)27-14-21(34)28-16-23(36)31-19(13-18-7-3-1-4-8-18)26(39)29-15-22(35)30-17-40;1-2;;;;;/h1,3-4,7-8,10-11,19H,2,5-6,9,12-17,40H2,(H,27,33)(H,28,34)(H,29,39)(H,30,35)(H,31,36);1-2H3;5*1H/t19-;;;;;;/m0....../s1. The Morgan fingerprint density at radius 3 is 1.98 bits per heavy atom. The minimum atomic E-state index is -0.978. The molecule has 14 heteroatoms. The molecule has 7 amide bonds. The van der Waals surface area contributed by atoms with Gasteiger partial charge in [0.1, 0.15) is 6.04 Å². The van der Waals surface area contributed by atoms with Crippen LogP contribution >= 0.6 is 9.24 Å². The van der Waals surface area contributed by atoms with Gasteiger partial charge in [-0.1, -0.05) is 50.6 Å². The number of nitrogens with one attached hydrogen (secondary N) is 5. The van der Waals surface area contributed by atoms with Gasteiger partial charge in [-0.05, 0) is 18.4 Å². The van der Waals surface area contributed by atoms with E-state index in [-0.39, 0.29) is 63.2 Å². The second-order valence-corrected chi connectivity index (χ2v) is 9.27. The van der Waals surface area contributed by atoms with Crippen molar-refractivity contribution in [3.63, 3.8) is 0 Å². The first kappa shape index (κ1) is 35.9. The molecule has 1 aliphatic rings. The molecule has 0 saturated carbocycles. The number of hydrogen-bond acceptors (Lipinski definition) is 7. The zero-order valence-corrected chi connectivity index (χ0v) is 25.2. The number of carbonyl (C=O) groups excluding carboxylic acids is 7. The summed E-state index contributed by atoms with van der Waals surface area (Å²) in [5.41, 5.74) is 0.791. The third-order valence-electron chi connectivity index (χ3n) is 5.74. The van der Waals surface area contributed by atoms with E-state index in [0.717, 1.165) is 10.5 Å². The maximum Gasteiger partial charge on any atom is 0.253 e. The molecule has 0 fully saturated rings. The summed E-state index contributed by atoms with van der Waals surface area (Å²) in [6, 6.07) is 8.02. The number of unbranched alkanes of at least 4 members (excludes halogenated alkanes) is 2. The third kappa shape index (κ3) is 14.5. The largest absolute Gasteiger partial charge is 0.351 e. The van der Waals surface area contributed by atoms with Crippen molar-refractivity contribution in [1.82, 2.24) is 31.5 Å². The van der Waals surface area contributed by atoms with Gasteiger partial charge in [0.05, 0.1) is 19.6 Å². The minimum Gasteiger partial charge on any atom is -0.351 e. The molecule has 2 atom stereocenters. The summed E-state index contributed by atoms with van der Waals surface area (Å²) in [5, 5.41) is 12.4. The second-order valence-electron chi connectivity index (χ2n) is 8.86. The first-order valence-electron chi connectivity index (χ1n) is 13.8. The molecule has 0 aromatic heterocycles. The van der Waals surface area contributed by atoms with Crippen molar-refractivity contribution in [3.8, 4) is 0 Å². The van der Waals surface area contributed by atoms with Gasteiger partial charge < -0.3 is 26.6 Å². The number of hydrogen-bond donors (Lipinski definition) is 5. The third-order valence-corrected chi connectivity index (χ3v) is 5.94. The van der Waals surface area contributed by atoms with Crippen LogP contribution in [0.1, 0.15) is 52.2 Å². The summed E-state index contributed by atoms with van der Waals surface area (Å²) in [7, 11) is 2.33. The average Bonchev–Trinajstić information content (AvgIpc) is 3.31. The predicted octanol–water partition coefficient (Wildman–Crippen LogP) is 0.753. The van der Waals surface area contributed by atoms with E-state index in [9.17, 15) is 33.6 Å². The Labute approximate surface area is 255 Å². The molecule has 0 bridgehead atoms. The van der Waals surface area contributed by atoms with Crippen LogP contribution in [-0.4, -0.2) is 84.8 Å². The fraction of sp³-hybridized carbons (Fsp3) is 0.464. The van der Waals surface area contributed by atoms with Crippen molar-refractivity contribution < 1.29 is 40.7 Å². The fourth-order valence-corrected chi connectivity index (χ4v) is 3.89. The molecule has 2 rings (SSSR count). The van der Waals surface area contributed by atoms with Gasteiger partial charge in [0.2, 0.25) is 29.5 Å². The lowest BCUT2D eigenvalue weighted by Gasteiger charge is -2.19. The number of amides is 7. The first-order chi connectivity index (χ1) is 20.2. The number of rotatable bonds is 17. The van der Waals surface area contributed by atoms with Crippen molar-refractivity contribution in [2.24, 2.45) is 0 Å². The Morgan fingerprint density at radius 2 is 1.33 bits per heavy atom. The van der Waals surface area contributed by atoms with E-state index in [4.69, 9.17) is 0 Å². The van der Waals surface area contributed by atoms with E-state index in [1.54, 1.807) is 24.3 Å². The lowest BCUT2D eigenvalue weighted by Crippen LogP contribution is -2.52.